The van der Waals surface area contributed by atoms with E-state index in [9.17, 15) is 0 Å². The molecule has 2 aromatic carbocycles. The van der Waals surface area contributed by atoms with Crippen LogP contribution >= 0.6 is 0 Å². The van der Waals surface area contributed by atoms with Gasteiger partial charge >= 0.3 is 0 Å². The van der Waals surface area contributed by atoms with Crippen LogP contribution in [-0.2, 0) is 0 Å². The molecule has 0 radical (unpaired) electrons. The standard InChI is InChI=1S/C21H29NO2/c1-16(2)15-24-21-8-6-5-7-20(21)22-13-14-23-19-11-9-18(10-12-19)17(3)4/h5-12,16-17,22H,13-15H2,1-4H3. The summed E-state index contributed by atoms with van der Waals surface area (Å²) in [5.74, 6) is 2.86. The summed E-state index contributed by atoms with van der Waals surface area (Å²) in [6.07, 6.45) is 0. The lowest BCUT2D eigenvalue weighted by Crippen LogP contribution is -2.13. The van der Waals surface area contributed by atoms with Crippen molar-refractivity contribution < 1.29 is 9.47 Å². The van der Waals surface area contributed by atoms with E-state index in [1.54, 1.807) is 0 Å². The molecule has 0 heterocycles. The summed E-state index contributed by atoms with van der Waals surface area (Å²) in [6.45, 7) is 10.7. The van der Waals surface area contributed by atoms with Crippen molar-refractivity contribution in [3.8, 4) is 11.5 Å². The molecule has 0 atom stereocenters. The first-order chi connectivity index (χ1) is 11.6. The van der Waals surface area contributed by atoms with Gasteiger partial charge in [-0.2, -0.15) is 0 Å². The van der Waals surface area contributed by atoms with Crippen molar-refractivity contribution in [2.45, 2.75) is 33.6 Å². The molecule has 2 aromatic rings. The molecule has 0 spiro atoms. The molecule has 0 aromatic heterocycles. The first kappa shape index (κ1) is 18.2. The number of ether oxygens (including phenoxy) is 2. The highest BCUT2D eigenvalue weighted by atomic mass is 16.5. The fraction of sp³-hybridized carbons (Fsp3) is 0.429. The van der Waals surface area contributed by atoms with Crippen LogP contribution in [0, 0.1) is 5.92 Å². The Balaban J connectivity index is 1.79. The van der Waals surface area contributed by atoms with Crippen LogP contribution in [0.2, 0.25) is 0 Å². The van der Waals surface area contributed by atoms with Crippen LogP contribution in [0.3, 0.4) is 0 Å². The van der Waals surface area contributed by atoms with Gasteiger partial charge in [0.1, 0.15) is 18.1 Å². The Morgan fingerprint density at radius 2 is 1.58 bits per heavy atom. The maximum Gasteiger partial charge on any atom is 0.142 e. The SMILES string of the molecule is CC(C)COc1ccccc1NCCOc1ccc(C(C)C)cc1. The highest BCUT2D eigenvalue weighted by Gasteiger charge is 2.04. The summed E-state index contributed by atoms with van der Waals surface area (Å²) in [7, 11) is 0. The predicted octanol–water partition coefficient (Wildman–Crippen LogP) is 5.34. The Morgan fingerprint density at radius 3 is 2.25 bits per heavy atom. The minimum atomic E-state index is 0.509. The van der Waals surface area contributed by atoms with Crippen LogP contribution < -0.4 is 14.8 Å². The second kappa shape index (κ2) is 9.21. The fourth-order valence-electron chi connectivity index (χ4n) is 2.30. The van der Waals surface area contributed by atoms with Crippen LogP contribution in [0.25, 0.3) is 0 Å². The lowest BCUT2D eigenvalue weighted by Gasteiger charge is -2.15. The van der Waals surface area contributed by atoms with Crippen molar-refractivity contribution >= 4 is 5.69 Å². The molecule has 2 rings (SSSR count). The second-order valence-electron chi connectivity index (χ2n) is 6.70. The normalized spacial score (nSPS) is 10.9. The molecule has 0 saturated carbocycles. The van der Waals surface area contributed by atoms with Gasteiger partial charge in [-0.05, 0) is 41.7 Å². The molecule has 0 unspecified atom stereocenters. The molecular weight excluding hydrogens is 298 g/mol. The quantitative estimate of drug-likeness (QED) is 0.631. The van der Waals surface area contributed by atoms with Gasteiger partial charge in [0.15, 0.2) is 0 Å². The summed E-state index contributed by atoms with van der Waals surface area (Å²) in [5.41, 5.74) is 2.34. The van der Waals surface area contributed by atoms with Gasteiger partial charge in [-0.25, -0.2) is 0 Å². The third kappa shape index (κ3) is 5.80. The zero-order valence-corrected chi connectivity index (χ0v) is 15.2. The van der Waals surface area contributed by atoms with Crippen molar-refractivity contribution in [3.05, 3.63) is 54.1 Å². The van der Waals surface area contributed by atoms with E-state index >= 15 is 0 Å². The van der Waals surface area contributed by atoms with E-state index in [0.717, 1.165) is 30.3 Å². The van der Waals surface area contributed by atoms with Crippen molar-refractivity contribution in [3.63, 3.8) is 0 Å². The number of rotatable bonds is 9. The molecule has 0 aliphatic rings. The first-order valence-corrected chi connectivity index (χ1v) is 8.74. The van der Waals surface area contributed by atoms with E-state index in [-0.39, 0.29) is 0 Å². The molecule has 0 bridgehead atoms. The lowest BCUT2D eigenvalue weighted by atomic mass is 10.0. The smallest absolute Gasteiger partial charge is 0.142 e. The molecule has 24 heavy (non-hydrogen) atoms. The monoisotopic (exact) mass is 327 g/mol. The fourth-order valence-corrected chi connectivity index (χ4v) is 2.30. The van der Waals surface area contributed by atoms with E-state index in [2.05, 4.69) is 45.1 Å². The minimum absolute atomic E-state index is 0.509. The van der Waals surface area contributed by atoms with E-state index < -0.39 is 0 Å². The number of anilines is 1. The minimum Gasteiger partial charge on any atom is -0.492 e. The number of benzene rings is 2. The van der Waals surface area contributed by atoms with Gasteiger partial charge in [-0.3, -0.25) is 0 Å². The molecule has 1 N–H and O–H groups in total. The molecule has 0 fully saturated rings. The van der Waals surface area contributed by atoms with Crippen molar-refractivity contribution in [1.82, 2.24) is 0 Å². The zero-order valence-electron chi connectivity index (χ0n) is 15.2. The van der Waals surface area contributed by atoms with Crippen LogP contribution in [0.5, 0.6) is 11.5 Å². The maximum absolute atomic E-state index is 5.85. The van der Waals surface area contributed by atoms with Crippen molar-refractivity contribution in [2.75, 3.05) is 25.1 Å². The largest absolute Gasteiger partial charge is 0.492 e. The van der Waals surface area contributed by atoms with Gasteiger partial charge in [-0.15, -0.1) is 0 Å². The average Bonchev–Trinajstić information content (AvgIpc) is 2.58. The topological polar surface area (TPSA) is 30.5 Å². The van der Waals surface area contributed by atoms with E-state index in [1.807, 2.05) is 36.4 Å². The van der Waals surface area contributed by atoms with Crippen LogP contribution in [0.15, 0.2) is 48.5 Å². The number of nitrogens with one attached hydrogen (secondary N) is 1. The van der Waals surface area contributed by atoms with E-state index in [1.165, 1.54) is 5.56 Å². The van der Waals surface area contributed by atoms with E-state index in [4.69, 9.17) is 9.47 Å². The summed E-state index contributed by atoms with van der Waals surface area (Å²) in [4.78, 5) is 0. The lowest BCUT2D eigenvalue weighted by molar-refractivity contribution is 0.272. The second-order valence-corrected chi connectivity index (χ2v) is 6.70. The van der Waals surface area contributed by atoms with Crippen LogP contribution in [0.4, 0.5) is 5.69 Å². The highest BCUT2D eigenvalue weighted by Crippen LogP contribution is 2.24. The molecular formula is C21H29NO2. The Hall–Kier alpha value is -2.16. The van der Waals surface area contributed by atoms with Crippen LogP contribution in [0.1, 0.15) is 39.2 Å². The molecule has 130 valence electrons. The molecule has 0 saturated heterocycles. The van der Waals surface area contributed by atoms with Crippen molar-refractivity contribution in [2.24, 2.45) is 5.92 Å². The van der Waals surface area contributed by atoms with Crippen molar-refractivity contribution in [1.29, 1.82) is 0 Å². The number of hydrogen-bond acceptors (Lipinski definition) is 3. The third-order valence-electron chi connectivity index (χ3n) is 3.69. The highest BCUT2D eigenvalue weighted by molar-refractivity contribution is 5.56. The summed E-state index contributed by atoms with van der Waals surface area (Å²) >= 11 is 0. The Bertz CT molecular complexity index is 605. The predicted molar refractivity (Wildman–Crippen MR) is 101 cm³/mol. The Kier molecular flexibility index (Phi) is 6.98. The van der Waals surface area contributed by atoms with Gasteiger partial charge in [0.2, 0.25) is 0 Å². The summed E-state index contributed by atoms with van der Waals surface area (Å²) < 4.78 is 11.6. The number of para-hydroxylation sites is 2. The maximum atomic E-state index is 5.85. The molecule has 0 aliphatic carbocycles. The molecule has 3 nitrogen and oxygen atoms in total. The molecule has 0 aliphatic heterocycles. The van der Waals surface area contributed by atoms with Gasteiger partial charge in [0.05, 0.1) is 12.3 Å². The number of hydrogen-bond donors (Lipinski definition) is 1. The molecule has 3 heteroatoms. The van der Waals surface area contributed by atoms with Crippen LogP contribution in [-0.4, -0.2) is 19.8 Å². The van der Waals surface area contributed by atoms with Gasteiger partial charge in [-0.1, -0.05) is 52.0 Å². The third-order valence-corrected chi connectivity index (χ3v) is 3.69. The van der Waals surface area contributed by atoms with Gasteiger partial charge in [0, 0.05) is 6.54 Å². The van der Waals surface area contributed by atoms with E-state index in [0.29, 0.717) is 18.4 Å². The van der Waals surface area contributed by atoms with Gasteiger partial charge in [0.25, 0.3) is 0 Å². The average molecular weight is 327 g/mol. The summed E-state index contributed by atoms with van der Waals surface area (Å²) in [6, 6.07) is 16.4. The Morgan fingerprint density at radius 1 is 0.875 bits per heavy atom. The zero-order chi connectivity index (χ0) is 17.4. The molecule has 0 amide bonds. The Labute approximate surface area is 146 Å². The van der Waals surface area contributed by atoms with Gasteiger partial charge < -0.3 is 14.8 Å². The summed E-state index contributed by atoms with van der Waals surface area (Å²) in [5, 5.41) is 3.39. The first-order valence-electron chi connectivity index (χ1n) is 8.74.